The summed E-state index contributed by atoms with van der Waals surface area (Å²) < 4.78 is 46.8. The Bertz CT molecular complexity index is 1210. The summed E-state index contributed by atoms with van der Waals surface area (Å²) in [6, 6.07) is 11.2. The monoisotopic (exact) mass is 471 g/mol. The average Bonchev–Trinajstić information content (AvgIpc) is 2.81. The third-order valence-electron chi connectivity index (χ3n) is 5.51. The average molecular weight is 471 g/mol. The fraction of sp³-hybridized carbons (Fsp3) is 0.190. The number of alkyl halides is 3. The highest BCUT2D eigenvalue weighted by molar-refractivity contribution is 6.26. The Labute approximate surface area is 193 Å². The van der Waals surface area contributed by atoms with E-state index >= 15 is 0 Å². The maximum atomic E-state index is 13.5. The predicted molar refractivity (Wildman–Crippen MR) is 118 cm³/mol. The fourth-order valence-electron chi connectivity index (χ4n) is 3.50. The molecule has 0 saturated carbocycles. The van der Waals surface area contributed by atoms with E-state index in [9.17, 15) is 28.2 Å². The number of fused-ring (bicyclic) bond motifs is 1. The van der Waals surface area contributed by atoms with E-state index in [2.05, 4.69) is 14.7 Å². The van der Waals surface area contributed by atoms with Crippen molar-refractivity contribution in [2.45, 2.75) is 24.2 Å². The molecule has 2 N–H and O–H groups in total. The number of nitrogens with zero attached hydrogens (tertiary/aromatic N) is 3. The molecule has 174 valence electrons. The van der Waals surface area contributed by atoms with Gasteiger partial charge in [0, 0.05) is 12.4 Å². The van der Waals surface area contributed by atoms with Crippen molar-refractivity contribution in [1.29, 1.82) is 0 Å². The molecule has 13 heteroatoms. The Morgan fingerprint density at radius 3 is 2.26 bits per heavy atom. The Balaban J connectivity index is 1.73. The van der Waals surface area contributed by atoms with Gasteiger partial charge >= 0.3 is 6.36 Å². The number of aliphatic hydroxyl groups is 2. The van der Waals surface area contributed by atoms with Crippen LogP contribution in [0.2, 0.25) is 0 Å². The second kappa shape index (κ2) is 8.33. The molecular formula is C21H18B2F3N3O5. The van der Waals surface area contributed by atoms with E-state index < -0.39 is 23.6 Å². The largest absolute Gasteiger partial charge is 0.573 e. The molecule has 1 aromatic heterocycles. The van der Waals surface area contributed by atoms with E-state index in [1.165, 1.54) is 52.4 Å². The zero-order valence-electron chi connectivity index (χ0n) is 18.1. The van der Waals surface area contributed by atoms with Gasteiger partial charge in [0.2, 0.25) is 5.69 Å². The Kier molecular flexibility index (Phi) is 5.78. The number of hydrogen-bond acceptors (Lipinski definition) is 7. The van der Waals surface area contributed by atoms with Crippen LogP contribution in [0, 0.1) is 0 Å². The summed E-state index contributed by atoms with van der Waals surface area (Å²) in [4.78, 5) is 22.7. The van der Waals surface area contributed by atoms with Gasteiger partial charge in [-0.05, 0) is 41.5 Å². The van der Waals surface area contributed by atoms with Gasteiger partial charge in [-0.25, -0.2) is 9.97 Å². The molecule has 1 aliphatic rings. The molecule has 0 radical (unpaired) electrons. The molecule has 0 spiro atoms. The van der Waals surface area contributed by atoms with Crippen molar-refractivity contribution < 1.29 is 37.7 Å². The molecule has 8 nitrogen and oxygen atoms in total. The molecule has 1 amide bonds. The lowest BCUT2D eigenvalue weighted by Crippen LogP contribution is -2.68. The number of hydrogen-bond donors (Lipinski definition) is 2. The lowest BCUT2D eigenvalue weighted by atomic mass is 9.71. The molecule has 0 saturated heterocycles. The van der Waals surface area contributed by atoms with Gasteiger partial charge in [0.15, 0.2) is 21.3 Å². The zero-order chi connectivity index (χ0) is 24.7. The number of aromatic nitrogens is 2. The summed E-state index contributed by atoms with van der Waals surface area (Å²) in [5.41, 5.74) is -3.33. The minimum atomic E-state index is -4.81. The Morgan fingerprint density at radius 2 is 1.65 bits per heavy atom. The molecule has 34 heavy (non-hydrogen) atoms. The number of carbonyl (C=O) groups excluding carboxylic acids is 1. The lowest BCUT2D eigenvalue weighted by Gasteiger charge is -2.43. The normalized spacial score (nSPS) is 22.5. The van der Waals surface area contributed by atoms with Crippen LogP contribution in [0.5, 0.6) is 11.5 Å². The van der Waals surface area contributed by atoms with Crippen molar-refractivity contribution in [2.24, 2.45) is 0 Å². The van der Waals surface area contributed by atoms with Crippen LogP contribution in [-0.2, 0) is 6.54 Å². The third kappa shape index (κ3) is 4.57. The first-order valence-corrected chi connectivity index (χ1v) is 10.1. The summed E-state index contributed by atoms with van der Waals surface area (Å²) in [7, 11) is 2.46. The molecule has 2 unspecified atom stereocenters. The maximum Gasteiger partial charge on any atom is 0.573 e. The highest BCUT2D eigenvalue weighted by Gasteiger charge is 2.53. The summed E-state index contributed by atoms with van der Waals surface area (Å²) in [5, 5.41) is 22.0. The van der Waals surface area contributed by atoms with Gasteiger partial charge in [-0.2, -0.15) is 0 Å². The number of rotatable bonds is 4. The number of carbonyl (C=O) groups is 1. The standard InChI is InChI=1S/C21H18B2F3N3O5/c22-19(31)20(23,32)34-16-7-4-13(12-2-5-14(6-3-12)33-21(24,25)26)10-15(16)18(30)29(19)11-17-27-8-1-9-28-17/h1-10,31-32H,11,22-23H2. The smallest absolute Gasteiger partial charge is 0.466 e. The van der Waals surface area contributed by atoms with Gasteiger partial charge in [-0.1, -0.05) is 18.2 Å². The van der Waals surface area contributed by atoms with Crippen molar-refractivity contribution in [3.63, 3.8) is 0 Å². The zero-order valence-corrected chi connectivity index (χ0v) is 18.1. The highest BCUT2D eigenvalue weighted by Crippen LogP contribution is 2.37. The van der Waals surface area contributed by atoms with Crippen LogP contribution in [0.3, 0.4) is 0 Å². The van der Waals surface area contributed by atoms with Crippen LogP contribution in [0.4, 0.5) is 13.2 Å². The van der Waals surface area contributed by atoms with Crippen molar-refractivity contribution >= 4 is 21.6 Å². The molecule has 1 aliphatic heterocycles. The Hall–Kier alpha value is -3.57. The molecule has 2 aromatic carbocycles. The quantitative estimate of drug-likeness (QED) is 0.539. The minimum Gasteiger partial charge on any atom is -0.466 e. The molecule has 2 heterocycles. The first kappa shape index (κ1) is 23.6. The van der Waals surface area contributed by atoms with E-state index in [4.69, 9.17) is 4.74 Å². The van der Waals surface area contributed by atoms with Crippen LogP contribution in [0.15, 0.2) is 60.9 Å². The van der Waals surface area contributed by atoms with Gasteiger partial charge in [0.25, 0.3) is 5.91 Å². The third-order valence-corrected chi connectivity index (χ3v) is 5.51. The molecule has 0 fully saturated rings. The van der Waals surface area contributed by atoms with Crippen LogP contribution in [0.1, 0.15) is 16.2 Å². The van der Waals surface area contributed by atoms with Crippen LogP contribution >= 0.6 is 0 Å². The summed E-state index contributed by atoms with van der Waals surface area (Å²) in [5.74, 6) is -0.796. The lowest BCUT2D eigenvalue weighted by molar-refractivity contribution is -0.274. The first-order chi connectivity index (χ1) is 15.9. The van der Waals surface area contributed by atoms with Gasteiger partial charge in [0.1, 0.15) is 17.3 Å². The fourth-order valence-corrected chi connectivity index (χ4v) is 3.50. The Morgan fingerprint density at radius 1 is 1.03 bits per heavy atom. The van der Waals surface area contributed by atoms with E-state index in [1.54, 1.807) is 12.1 Å². The second-order valence-electron chi connectivity index (χ2n) is 7.95. The van der Waals surface area contributed by atoms with Crippen LogP contribution in [0.25, 0.3) is 11.1 Å². The van der Waals surface area contributed by atoms with Gasteiger partial charge < -0.3 is 24.6 Å². The highest BCUT2D eigenvalue weighted by atomic mass is 19.4. The van der Waals surface area contributed by atoms with Crippen molar-refractivity contribution in [1.82, 2.24) is 14.9 Å². The molecule has 3 aromatic rings. The van der Waals surface area contributed by atoms with Crippen molar-refractivity contribution in [3.8, 4) is 22.6 Å². The minimum absolute atomic E-state index is 0.0209. The van der Waals surface area contributed by atoms with E-state index in [-0.39, 0.29) is 29.4 Å². The molecular weight excluding hydrogens is 453 g/mol. The molecule has 4 rings (SSSR count). The van der Waals surface area contributed by atoms with E-state index in [0.717, 1.165) is 17.0 Å². The topological polar surface area (TPSA) is 105 Å². The molecule has 0 bridgehead atoms. The summed E-state index contributed by atoms with van der Waals surface area (Å²) in [6.45, 7) is -0.223. The summed E-state index contributed by atoms with van der Waals surface area (Å²) >= 11 is 0. The SMILES string of the molecule is BC1(O)Oc2ccc(-c3ccc(OC(F)(F)F)cc3)cc2C(=O)N(Cc2ncccn2)C1(B)O. The van der Waals surface area contributed by atoms with Gasteiger partial charge in [0.05, 0.1) is 12.1 Å². The van der Waals surface area contributed by atoms with Gasteiger partial charge in [-0.3, -0.25) is 4.79 Å². The van der Waals surface area contributed by atoms with E-state index in [1.807, 2.05) is 0 Å². The molecule has 0 aliphatic carbocycles. The van der Waals surface area contributed by atoms with Crippen LogP contribution < -0.4 is 9.47 Å². The predicted octanol–water partition coefficient (Wildman–Crippen LogP) is 0.635. The first-order valence-electron chi connectivity index (χ1n) is 10.1. The summed E-state index contributed by atoms with van der Waals surface area (Å²) in [6.07, 6.45) is -1.85. The number of amides is 1. The number of ether oxygens (including phenoxy) is 2. The van der Waals surface area contributed by atoms with E-state index in [0.29, 0.717) is 11.1 Å². The number of halogens is 3. The molecule has 2 atom stereocenters. The van der Waals surface area contributed by atoms with Crippen LogP contribution in [-0.4, -0.2) is 64.4 Å². The van der Waals surface area contributed by atoms with Crippen molar-refractivity contribution in [2.75, 3.05) is 0 Å². The second-order valence-corrected chi connectivity index (χ2v) is 7.95. The number of benzene rings is 2. The maximum absolute atomic E-state index is 13.5. The van der Waals surface area contributed by atoms with Crippen molar-refractivity contribution in [3.05, 3.63) is 72.3 Å². The van der Waals surface area contributed by atoms with Gasteiger partial charge in [-0.15, -0.1) is 13.2 Å².